The zero-order chi connectivity index (χ0) is 14.4. The summed E-state index contributed by atoms with van der Waals surface area (Å²) in [5.74, 6) is 0.00852. The first-order chi connectivity index (χ1) is 9.72. The van der Waals surface area contributed by atoms with Gasteiger partial charge in [-0.25, -0.2) is 0 Å². The molecule has 1 aliphatic rings. The second-order valence-corrected chi connectivity index (χ2v) is 5.41. The van der Waals surface area contributed by atoms with Gasteiger partial charge in [0.1, 0.15) is 0 Å². The van der Waals surface area contributed by atoms with Crippen LogP contribution in [0, 0.1) is 6.92 Å². The molecule has 108 valence electrons. The van der Waals surface area contributed by atoms with Crippen LogP contribution in [0.2, 0.25) is 0 Å². The third-order valence-corrected chi connectivity index (χ3v) is 3.96. The quantitative estimate of drug-likeness (QED) is 0.860. The number of hydrogen-bond donors (Lipinski definition) is 1. The van der Waals surface area contributed by atoms with E-state index < -0.39 is 0 Å². The van der Waals surface area contributed by atoms with Gasteiger partial charge in [0.15, 0.2) is 0 Å². The van der Waals surface area contributed by atoms with E-state index in [1.54, 1.807) is 6.08 Å². The number of nitrogens with zero attached hydrogens (tertiary/aromatic N) is 1. The predicted molar refractivity (Wildman–Crippen MR) is 81.3 cm³/mol. The molecule has 1 atom stereocenters. The highest BCUT2D eigenvalue weighted by Gasteiger charge is 2.23. The largest absolute Gasteiger partial charge is 0.394 e. The first kappa shape index (κ1) is 14.8. The standard InChI is InChI=1S/C17H23NO2/c1-14-7-4-5-8-15(14)10-11-17(20)18-12-6-2-3-9-16(18)13-19/h4-5,7-8,10-11,16,19H,2-3,6,9,12-13H2,1H3/b11-10+. The van der Waals surface area contributed by atoms with Gasteiger partial charge in [0, 0.05) is 12.6 Å². The number of carbonyl (C=O) groups excluding carboxylic acids is 1. The molecular formula is C17H23NO2. The molecule has 0 bridgehead atoms. The Bertz CT molecular complexity index is 482. The smallest absolute Gasteiger partial charge is 0.246 e. The fraction of sp³-hybridized carbons (Fsp3) is 0.471. The van der Waals surface area contributed by atoms with Crippen LogP contribution in [0.1, 0.15) is 36.8 Å². The van der Waals surface area contributed by atoms with E-state index >= 15 is 0 Å². The van der Waals surface area contributed by atoms with Crippen molar-refractivity contribution in [3.8, 4) is 0 Å². The van der Waals surface area contributed by atoms with E-state index in [0.717, 1.165) is 43.4 Å². The fourth-order valence-corrected chi connectivity index (χ4v) is 2.69. The van der Waals surface area contributed by atoms with Gasteiger partial charge >= 0.3 is 0 Å². The van der Waals surface area contributed by atoms with Crippen molar-refractivity contribution >= 4 is 12.0 Å². The van der Waals surface area contributed by atoms with Crippen LogP contribution in [0.3, 0.4) is 0 Å². The van der Waals surface area contributed by atoms with Crippen molar-refractivity contribution in [2.24, 2.45) is 0 Å². The zero-order valence-electron chi connectivity index (χ0n) is 12.1. The second-order valence-electron chi connectivity index (χ2n) is 5.41. The molecule has 20 heavy (non-hydrogen) atoms. The minimum atomic E-state index is -0.0217. The van der Waals surface area contributed by atoms with Gasteiger partial charge < -0.3 is 10.0 Å². The van der Waals surface area contributed by atoms with Crippen LogP contribution in [-0.4, -0.2) is 35.1 Å². The summed E-state index contributed by atoms with van der Waals surface area (Å²) < 4.78 is 0. The lowest BCUT2D eigenvalue weighted by Gasteiger charge is -2.27. The number of likely N-dealkylation sites (tertiary alicyclic amines) is 1. The molecule has 1 fully saturated rings. The molecule has 0 aromatic heterocycles. The highest BCUT2D eigenvalue weighted by molar-refractivity contribution is 5.92. The van der Waals surface area contributed by atoms with Crippen LogP contribution in [0.5, 0.6) is 0 Å². The number of rotatable bonds is 3. The van der Waals surface area contributed by atoms with Crippen molar-refractivity contribution in [1.29, 1.82) is 0 Å². The number of aryl methyl sites for hydroxylation is 1. The molecule has 1 amide bonds. The van der Waals surface area contributed by atoms with Gasteiger partial charge in [-0.1, -0.05) is 37.1 Å². The summed E-state index contributed by atoms with van der Waals surface area (Å²) in [6.07, 6.45) is 7.67. The third kappa shape index (κ3) is 3.70. The molecule has 1 saturated heterocycles. The third-order valence-electron chi connectivity index (χ3n) is 3.96. The Morgan fingerprint density at radius 2 is 2.15 bits per heavy atom. The Kier molecular flexibility index (Phi) is 5.36. The number of amides is 1. The molecule has 0 aliphatic carbocycles. The van der Waals surface area contributed by atoms with Gasteiger partial charge in [-0.05, 0) is 37.0 Å². The Hall–Kier alpha value is -1.61. The molecule has 1 unspecified atom stereocenters. The van der Waals surface area contributed by atoms with Crippen molar-refractivity contribution in [3.63, 3.8) is 0 Å². The van der Waals surface area contributed by atoms with E-state index in [2.05, 4.69) is 0 Å². The maximum Gasteiger partial charge on any atom is 0.246 e. The molecule has 0 radical (unpaired) electrons. The maximum absolute atomic E-state index is 12.3. The Balaban J connectivity index is 2.08. The van der Waals surface area contributed by atoms with Crippen LogP contribution in [0.15, 0.2) is 30.3 Å². The van der Waals surface area contributed by atoms with Crippen molar-refractivity contribution in [1.82, 2.24) is 4.90 Å². The number of hydrogen-bond acceptors (Lipinski definition) is 2. The van der Waals surface area contributed by atoms with Crippen molar-refractivity contribution in [3.05, 3.63) is 41.5 Å². The lowest BCUT2D eigenvalue weighted by atomic mass is 10.1. The van der Waals surface area contributed by atoms with E-state index in [-0.39, 0.29) is 18.6 Å². The summed E-state index contributed by atoms with van der Waals surface area (Å²) in [6.45, 7) is 2.85. The average molecular weight is 273 g/mol. The summed E-state index contributed by atoms with van der Waals surface area (Å²) in [4.78, 5) is 14.2. The lowest BCUT2D eigenvalue weighted by molar-refractivity contribution is -0.129. The van der Waals surface area contributed by atoms with E-state index in [4.69, 9.17) is 0 Å². The second kappa shape index (κ2) is 7.25. The molecule has 3 heteroatoms. The lowest BCUT2D eigenvalue weighted by Crippen LogP contribution is -2.41. The number of benzene rings is 1. The van der Waals surface area contributed by atoms with Crippen LogP contribution >= 0.6 is 0 Å². The predicted octanol–water partition coefficient (Wildman–Crippen LogP) is 2.77. The van der Waals surface area contributed by atoms with Gasteiger partial charge in [-0.15, -0.1) is 0 Å². The summed E-state index contributed by atoms with van der Waals surface area (Å²) in [7, 11) is 0. The van der Waals surface area contributed by atoms with Crippen LogP contribution in [0.25, 0.3) is 6.08 Å². The monoisotopic (exact) mass is 273 g/mol. The molecule has 1 heterocycles. The van der Waals surface area contributed by atoms with Gasteiger partial charge in [-0.3, -0.25) is 4.79 Å². The highest BCUT2D eigenvalue weighted by atomic mass is 16.3. The van der Waals surface area contributed by atoms with Crippen LogP contribution in [0.4, 0.5) is 0 Å². The molecule has 3 nitrogen and oxygen atoms in total. The Morgan fingerprint density at radius 3 is 2.90 bits per heavy atom. The van der Waals surface area contributed by atoms with Crippen molar-refractivity contribution in [2.45, 2.75) is 38.6 Å². The molecule has 2 rings (SSSR count). The molecule has 0 saturated carbocycles. The van der Waals surface area contributed by atoms with Crippen LogP contribution < -0.4 is 0 Å². The Labute approximate surface area is 120 Å². The molecule has 0 spiro atoms. The maximum atomic E-state index is 12.3. The van der Waals surface area contributed by atoms with Gasteiger partial charge in [0.05, 0.1) is 12.6 Å². The number of aliphatic hydroxyl groups is 1. The van der Waals surface area contributed by atoms with E-state index in [9.17, 15) is 9.90 Å². The van der Waals surface area contributed by atoms with Gasteiger partial charge in [-0.2, -0.15) is 0 Å². The van der Waals surface area contributed by atoms with Gasteiger partial charge in [0.2, 0.25) is 5.91 Å². The highest BCUT2D eigenvalue weighted by Crippen LogP contribution is 2.17. The Morgan fingerprint density at radius 1 is 1.35 bits per heavy atom. The van der Waals surface area contributed by atoms with Crippen LogP contribution in [-0.2, 0) is 4.79 Å². The van der Waals surface area contributed by atoms with Crippen molar-refractivity contribution < 1.29 is 9.90 Å². The zero-order valence-corrected chi connectivity index (χ0v) is 12.1. The fourth-order valence-electron chi connectivity index (χ4n) is 2.69. The molecule has 1 aromatic carbocycles. The van der Waals surface area contributed by atoms with E-state index in [1.807, 2.05) is 42.2 Å². The van der Waals surface area contributed by atoms with E-state index in [1.165, 1.54) is 0 Å². The summed E-state index contributed by atoms with van der Waals surface area (Å²) in [5.41, 5.74) is 2.22. The van der Waals surface area contributed by atoms with Gasteiger partial charge in [0.25, 0.3) is 0 Å². The SMILES string of the molecule is Cc1ccccc1/C=C/C(=O)N1CCCCCC1CO. The number of aliphatic hydroxyl groups excluding tert-OH is 1. The topological polar surface area (TPSA) is 40.5 Å². The average Bonchev–Trinajstić information content (AvgIpc) is 2.71. The first-order valence-electron chi connectivity index (χ1n) is 7.37. The van der Waals surface area contributed by atoms with Crippen molar-refractivity contribution in [2.75, 3.05) is 13.2 Å². The molecule has 1 aliphatic heterocycles. The number of carbonyl (C=O) groups is 1. The first-order valence-corrected chi connectivity index (χ1v) is 7.37. The summed E-state index contributed by atoms with van der Waals surface area (Å²) >= 11 is 0. The molecule has 1 aromatic rings. The minimum Gasteiger partial charge on any atom is -0.394 e. The summed E-state index contributed by atoms with van der Waals surface area (Å²) in [5, 5.41) is 9.45. The summed E-state index contributed by atoms with van der Waals surface area (Å²) in [6, 6.07) is 7.98. The molecule has 1 N–H and O–H groups in total. The van der Waals surface area contributed by atoms with E-state index in [0.29, 0.717) is 0 Å². The molecular weight excluding hydrogens is 250 g/mol. The minimum absolute atomic E-state index is 0.00852. The normalized spacial score (nSPS) is 20.1.